The van der Waals surface area contributed by atoms with Crippen LogP contribution in [0.3, 0.4) is 0 Å². The summed E-state index contributed by atoms with van der Waals surface area (Å²) in [4.78, 5) is 7.90. The molecular weight excluding hydrogens is 230 g/mol. The number of nitrogens with zero attached hydrogens (tertiary/aromatic N) is 2. The molecule has 0 saturated heterocycles. The zero-order valence-corrected chi connectivity index (χ0v) is 10.9. The van der Waals surface area contributed by atoms with Crippen LogP contribution in [0.2, 0.25) is 0 Å². The van der Waals surface area contributed by atoms with E-state index in [0.717, 1.165) is 21.6 Å². The first-order valence-electron chi connectivity index (χ1n) is 6.33. The summed E-state index contributed by atoms with van der Waals surface area (Å²) in [7, 11) is 0. The fraction of sp³-hybridized carbons (Fsp3) is 0.538. The fourth-order valence-electron chi connectivity index (χ4n) is 2.77. The number of imidazole rings is 1. The highest BCUT2D eigenvalue weighted by Crippen LogP contribution is 2.30. The van der Waals surface area contributed by atoms with Gasteiger partial charge in [-0.15, -0.1) is 0 Å². The van der Waals surface area contributed by atoms with E-state index >= 15 is 0 Å². The zero-order chi connectivity index (χ0) is 11.8. The average molecular weight is 247 g/mol. The van der Waals surface area contributed by atoms with Crippen molar-refractivity contribution in [2.24, 2.45) is 0 Å². The van der Waals surface area contributed by atoms with Crippen molar-refractivity contribution in [2.45, 2.75) is 45.1 Å². The summed E-state index contributed by atoms with van der Waals surface area (Å²) in [6.07, 6.45) is 6.45. The van der Waals surface area contributed by atoms with E-state index in [1.807, 2.05) is 13.0 Å². The minimum absolute atomic E-state index is 0.541. The molecule has 2 aromatic rings. The maximum absolute atomic E-state index is 5.44. The number of aromatic nitrogens is 3. The number of rotatable bonds is 1. The van der Waals surface area contributed by atoms with Gasteiger partial charge in [-0.25, -0.2) is 4.98 Å². The van der Waals surface area contributed by atoms with E-state index < -0.39 is 0 Å². The van der Waals surface area contributed by atoms with Gasteiger partial charge >= 0.3 is 0 Å². The lowest BCUT2D eigenvalue weighted by Crippen LogP contribution is -2.13. The molecule has 1 saturated carbocycles. The molecule has 0 spiro atoms. The molecule has 0 aromatic carbocycles. The largest absolute Gasteiger partial charge is 0.329 e. The highest BCUT2D eigenvalue weighted by molar-refractivity contribution is 7.71. The Balaban J connectivity index is 2.16. The van der Waals surface area contributed by atoms with Gasteiger partial charge in [-0.1, -0.05) is 19.3 Å². The van der Waals surface area contributed by atoms with E-state index in [-0.39, 0.29) is 0 Å². The molecule has 90 valence electrons. The van der Waals surface area contributed by atoms with Gasteiger partial charge in [-0.3, -0.25) is 4.57 Å². The van der Waals surface area contributed by atoms with Crippen LogP contribution in [0.25, 0.3) is 11.2 Å². The molecular formula is C13H17N3S. The molecule has 0 unspecified atom stereocenters. The Hall–Kier alpha value is -1.16. The second kappa shape index (κ2) is 4.26. The molecule has 1 aliphatic rings. The molecule has 4 heteroatoms. The van der Waals surface area contributed by atoms with Crippen LogP contribution in [0.15, 0.2) is 12.1 Å². The summed E-state index contributed by atoms with van der Waals surface area (Å²) in [6, 6.07) is 4.64. The van der Waals surface area contributed by atoms with E-state index in [1.165, 1.54) is 32.1 Å². The van der Waals surface area contributed by atoms with Crippen LogP contribution in [0.5, 0.6) is 0 Å². The molecule has 17 heavy (non-hydrogen) atoms. The maximum atomic E-state index is 5.44. The molecule has 3 nitrogen and oxygen atoms in total. The highest BCUT2D eigenvalue weighted by atomic mass is 32.1. The van der Waals surface area contributed by atoms with Gasteiger partial charge in [0.1, 0.15) is 0 Å². The molecule has 1 aliphatic carbocycles. The fourth-order valence-corrected chi connectivity index (χ4v) is 3.12. The number of nitrogens with one attached hydrogen (secondary N) is 1. The molecule has 2 heterocycles. The van der Waals surface area contributed by atoms with Crippen LogP contribution < -0.4 is 0 Å². The number of pyridine rings is 1. The summed E-state index contributed by atoms with van der Waals surface area (Å²) >= 11 is 5.44. The Morgan fingerprint density at radius 1 is 1.29 bits per heavy atom. The first-order valence-corrected chi connectivity index (χ1v) is 6.74. The number of aryl methyl sites for hydroxylation is 1. The second-order valence-corrected chi connectivity index (χ2v) is 5.30. The third kappa shape index (κ3) is 1.90. The van der Waals surface area contributed by atoms with Crippen molar-refractivity contribution in [1.82, 2.24) is 14.5 Å². The summed E-state index contributed by atoms with van der Waals surface area (Å²) in [5.41, 5.74) is 3.14. The lowest BCUT2D eigenvalue weighted by atomic mass is 9.95. The summed E-state index contributed by atoms with van der Waals surface area (Å²) in [5.74, 6) is 0. The third-order valence-corrected chi connectivity index (χ3v) is 3.94. The Bertz CT molecular complexity index is 590. The second-order valence-electron chi connectivity index (χ2n) is 4.92. The van der Waals surface area contributed by atoms with Gasteiger partial charge in [0, 0.05) is 11.7 Å². The number of aromatic amines is 1. The van der Waals surface area contributed by atoms with E-state index in [0.29, 0.717) is 6.04 Å². The monoisotopic (exact) mass is 247 g/mol. The molecule has 1 N–H and O–H groups in total. The van der Waals surface area contributed by atoms with Crippen LogP contribution in [-0.4, -0.2) is 14.5 Å². The Kier molecular flexibility index (Phi) is 2.74. The van der Waals surface area contributed by atoms with Crippen LogP contribution in [-0.2, 0) is 0 Å². The number of fused-ring (bicyclic) bond motifs is 1. The lowest BCUT2D eigenvalue weighted by Gasteiger charge is -2.23. The average Bonchev–Trinajstić information content (AvgIpc) is 2.65. The first kappa shape index (κ1) is 11.0. The van der Waals surface area contributed by atoms with Crippen LogP contribution in [0.1, 0.15) is 43.8 Å². The normalized spacial score (nSPS) is 17.7. The van der Waals surface area contributed by atoms with Crippen molar-refractivity contribution in [3.05, 3.63) is 22.6 Å². The standard InChI is InChI=1S/C13H17N3S/c1-9-7-8-11-12(14-9)16(13(17)15-11)10-5-3-2-4-6-10/h7-8,10H,2-6H2,1H3,(H,15,17). The van der Waals surface area contributed by atoms with Gasteiger partial charge in [0.15, 0.2) is 10.4 Å². The molecule has 0 atom stereocenters. The summed E-state index contributed by atoms with van der Waals surface area (Å²) in [6.45, 7) is 2.03. The van der Waals surface area contributed by atoms with Gasteiger partial charge < -0.3 is 4.98 Å². The molecule has 0 bridgehead atoms. The van der Waals surface area contributed by atoms with Gasteiger partial charge in [0.25, 0.3) is 0 Å². The van der Waals surface area contributed by atoms with Crippen LogP contribution in [0.4, 0.5) is 0 Å². The zero-order valence-electron chi connectivity index (χ0n) is 10.1. The highest BCUT2D eigenvalue weighted by Gasteiger charge is 2.19. The van der Waals surface area contributed by atoms with Gasteiger partial charge in [0.2, 0.25) is 0 Å². The first-order chi connectivity index (χ1) is 8.25. The minimum Gasteiger partial charge on any atom is -0.329 e. The van der Waals surface area contributed by atoms with Crippen molar-refractivity contribution in [3.8, 4) is 0 Å². The SMILES string of the molecule is Cc1ccc2[nH]c(=S)n(C3CCCCC3)c2n1. The van der Waals surface area contributed by atoms with Gasteiger partial charge in [0.05, 0.1) is 5.52 Å². The van der Waals surface area contributed by atoms with Crippen LogP contribution in [0, 0.1) is 11.7 Å². The number of hydrogen-bond donors (Lipinski definition) is 1. The van der Waals surface area contributed by atoms with Crippen LogP contribution >= 0.6 is 12.2 Å². The van der Waals surface area contributed by atoms with Gasteiger partial charge in [-0.05, 0) is 44.1 Å². The van der Waals surface area contributed by atoms with Crippen molar-refractivity contribution in [3.63, 3.8) is 0 Å². The molecule has 0 amide bonds. The van der Waals surface area contributed by atoms with Crippen molar-refractivity contribution in [2.75, 3.05) is 0 Å². The van der Waals surface area contributed by atoms with E-state index in [2.05, 4.69) is 20.6 Å². The summed E-state index contributed by atoms with van der Waals surface area (Å²) in [5, 5.41) is 0. The molecule has 0 radical (unpaired) electrons. The van der Waals surface area contributed by atoms with E-state index in [4.69, 9.17) is 12.2 Å². The Morgan fingerprint density at radius 3 is 2.82 bits per heavy atom. The predicted molar refractivity (Wildman–Crippen MR) is 71.8 cm³/mol. The Labute approximate surface area is 106 Å². The van der Waals surface area contributed by atoms with Gasteiger partial charge in [-0.2, -0.15) is 0 Å². The molecule has 3 rings (SSSR count). The van der Waals surface area contributed by atoms with Crippen molar-refractivity contribution in [1.29, 1.82) is 0 Å². The predicted octanol–water partition coefficient (Wildman–Crippen LogP) is 3.91. The number of H-pyrrole nitrogens is 1. The minimum atomic E-state index is 0.541. The molecule has 2 aromatic heterocycles. The van der Waals surface area contributed by atoms with E-state index in [1.54, 1.807) is 0 Å². The third-order valence-electron chi connectivity index (χ3n) is 3.64. The molecule has 0 aliphatic heterocycles. The van der Waals surface area contributed by atoms with Crippen molar-refractivity contribution < 1.29 is 0 Å². The Morgan fingerprint density at radius 2 is 2.06 bits per heavy atom. The topological polar surface area (TPSA) is 33.6 Å². The molecule has 1 fully saturated rings. The smallest absolute Gasteiger partial charge is 0.179 e. The summed E-state index contributed by atoms with van der Waals surface area (Å²) < 4.78 is 3.06. The lowest BCUT2D eigenvalue weighted by molar-refractivity contribution is 0.356. The van der Waals surface area contributed by atoms with E-state index in [9.17, 15) is 0 Å². The van der Waals surface area contributed by atoms with Crippen molar-refractivity contribution >= 4 is 23.4 Å². The number of hydrogen-bond acceptors (Lipinski definition) is 2. The quantitative estimate of drug-likeness (QED) is 0.775. The maximum Gasteiger partial charge on any atom is 0.179 e.